The van der Waals surface area contributed by atoms with E-state index in [2.05, 4.69) is 10.3 Å². The highest BCUT2D eigenvalue weighted by Gasteiger charge is 2.19. The molecule has 1 aromatic heterocycles. The number of nitrogens with zero attached hydrogens (tertiary/aromatic N) is 3. The lowest BCUT2D eigenvalue weighted by atomic mass is 10.1. The SMILES string of the molecule is COCCCCc1c(C(=O)O)nnn1-c1ccc(F)c(C)c1. The molecule has 0 radical (unpaired) electrons. The third-order valence-electron chi connectivity index (χ3n) is 3.36. The van der Waals surface area contributed by atoms with E-state index in [0.29, 0.717) is 30.0 Å². The van der Waals surface area contributed by atoms with Crippen LogP contribution in [0.25, 0.3) is 5.69 Å². The van der Waals surface area contributed by atoms with Crippen LogP contribution in [0.2, 0.25) is 0 Å². The van der Waals surface area contributed by atoms with Gasteiger partial charge in [0.1, 0.15) is 5.82 Å². The number of aryl methyl sites for hydroxylation is 1. The molecular weight excluding hydrogens is 289 g/mol. The third-order valence-corrected chi connectivity index (χ3v) is 3.36. The Labute approximate surface area is 127 Å². The smallest absolute Gasteiger partial charge is 0.358 e. The van der Waals surface area contributed by atoms with Crippen LogP contribution in [0.5, 0.6) is 0 Å². The van der Waals surface area contributed by atoms with Gasteiger partial charge in [-0.05, 0) is 49.9 Å². The minimum absolute atomic E-state index is 0.0700. The number of methoxy groups -OCH3 is 1. The summed E-state index contributed by atoms with van der Waals surface area (Å²) < 4.78 is 19.8. The molecule has 7 heteroatoms. The van der Waals surface area contributed by atoms with Crippen molar-refractivity contribution in [3.8, 4) is 5.69 Å². The van der Waals surface area contributed by atoms with Gasteiger partial charge in [-0.2, -0.15) is 0 Å². The molecule has 1 aromatic carbocycles. The van der Waals surface area contributed by atoms with Crippen molar-refractivity contribution in [1.82, 2.24) is 15.0 Å². The summed E-state index contributed by atoms with van der Waals surface area (Å²) in [6.07, 6.45) is 2.07. The summed E-state index contributed by atoms with van der Waals surface area (Å²) in [5.41, 5.74) is 1.50. The summed E-state index contributed by atoms with van der Waals surface area (Å²) in [4.78, 5) is 11.3. The molecule has 0 aliphatic carbocycles. The summed E-state index contributed by atoms with van der Waals surface area (Å²) in [6, 6.07) is 4.51. The molecule has 2 aromatic rings. The summed E-state index contributed by atoms with van der Waals surface area (Å²) >= 11 is 0. The highest BCUT2D eigenvalue weighted by atomic mass is 19.1. The monoisotopic (exact) mass is 307 g/mol. The van der Waals surface area contributed by atoms with Crippen LogP contribution in [0.15, 0.2) is 18.2 Å². The Hall–Kier alpha value is -2.28. The third kappa shape index (κ3) is 3.48. The van der Waals surface area contributed by atoms with Crippen molar-refractivity contribution < 1.29 is 19.0 Å². The molecule has 1 N–H and O–H groups in total. The van der Waals surface area contributed by atoms with Gasteiger partial charge in [0.05, 0.1) is 11.4 Å². The zero-order valence-electron chi connectivity index (χ0n) is 12.5. The number of aromatic nitrogens is 3. The standard InChI is InChI=1S/C15H18FN3O3/c1-10-9-11(6-7-12(10)16)19-13(5-3-4-8-22-2)14(15(20)21)17-18-19/h6-7,9H,3-5,8H2,1-2H3,(H,20,21). The molecule has 118 valence electrons. The predicted octanol–water partition coefficient (Wildman–Crippen LogP) is 2.38. The molecule has 0 saturated heterocycles. The molecular formula is C15H18FN3O3. The van der Waals surface area contributed by atoms with Gasteiger partial charge in [0.2, 0.25) is 0 Å². The van der Waals surface area contributed by atoms with E-state index in [1.165, 1.54) is 10.7 Å². The van der Waals surface area contributed by atoms with E-state index in [1.807, 2.05) is 0 Å². The maximum Gasteiger partial charge on any atom is 0.358 e. The van der Waals surface area contributed by atoms with Gasteiger partial charge >= 0.3 is 5.97 Å². The fourth-order valence-electron chi connectivity index (χ4n) is 2.20. The number of ether oxygens (including phenoxy) is 1. The molecule has 1 heterocycles. The fraction of sp³-hybridized carbons (Fsp3) is 0.400. The van der Waals surface area contributed by atoms with Gasteiger partial charge in [-0.25, -0.2) is 13.9 Å². The molecule has 0 fully saturated rings. The van der Waals surface area contributed by atoms with E-state index in [9.17, 15) is 14.3 Å². The van der Waals surface area contributed by atoms with Gasteiger partial charge in [-0.1, -0.05) is 5.21 Å². The van der Waals surface area contributed by atoms with Crippen LogP contribution in [-0.2, 0) is 11.2 Å². The molecule has 6 nitrogen and oxygen atoms in total. The van der Waals surface area contributed by atoms with Crippen LogP contribution in [0.3, 0.4) is 0 Å². The lowest BCUT2D eigenvalue weighted by Crippen LogP contribution is -2.08. The van der Waals surface area contributed by atoms with Gasteiger partial charge in [0.15, 0.2) is 5.69 Å². The zero-order valence-corrected chi connectivity index (χ0v) is 12.5. The van der Waals surface area contributed by atoms with Crippen LogP contribution in [-0.4, -0.2) is 39.8 Å². The molecule has 0 aliphatic heterocycles. The number of benzene rings is 1. The second kappa shape index (κ2) is 7.13. The lowest BCUT2D eigenvalue weighted by Gasteiger charge is -2.08. The molecule has 0 aliphatic rings. The summed E-state index contributed by atoms with van der Waals surface area (Å²) in [6.45, 7) is 2.26. The van der Waals surface area contributed by atoms with Gasteiger partial charge in [0, 0.05) is 13.7 Å². The van der Waals surface area contributed by atoms with Crippen LogP contribution >= 0.6 is 0 Å². The highest BCUT2D eigenvalue weighted by molar-refractivity contribution is 5.86. The Morgan fingerprint density at radius 3 is 2.82 bits per heavy atom. The molecule has 0 atom stereocenters. The first-order valence-electron chi connectivity index (χ1n) is 6.98. The molecule has 0 bridgehead atoms. The fourth-order valence-corrected chi connectivity index (χ4v) is 2.20. The zero-order chi connectivity index (χ0) is 16.1. The second-order valence-electron chi connectivity index (χ2n) is 4.99. The summed E-state index contributed by atoms with van der Waals surface area (Å²) in [7, 11) is 1.62. The molecule has 22 heavy (non-hydrogen) atoms. The van der Waals surface area contributed by atoms with E-state index in [0.717, 1.165) is 12.8 Å². The average Bonchev–Trinajstić information content (AvgIpc) is 2.90. The number of carbonyl (C=O) groups is 1. The van der Waals surface area contributed by atoms with E-state index in [-0.39, 0.29) is 11.5 Å². The average molecular weight is 307 g/mol. The Bertz CT molecular complexity index is 670. The number of carboxylic acid groups (broad SMARTS) is 1. The quantitative estimate of drug-likeness (QED) is 0.795. The number of hydrogen-bond acceptors (Lipinski definition) is 4. The first-order chi connectivity index (χ1) is 10.5. The van der Waals surface area contributed by atoms with E-state index >= 15 is 0 Å². The first-order valence-corrected chi connectivity index (χ1v) is 6.98. The summed E-state index contributed by atoms with van der Waals surface area (Å²) in [5, 5.41) is 16.9. The summed E-state index contributed by atoms with van der Waals surface area (Å²) in [5.74, 6) is -1.43. The molecule has 2 rings (SSSR count). The van der Waals surface area contributed by atoms with Gasteiger partial charge in [-0.3, -0.25) is 0 Å². The maximum absolute atomic E-state index is 13.4. The van der Waals surface area contributed by atoms with Crippen molar-refractivity contribution in [2.45, 2.75) is 26.2 Å². The minimum atomic E-state index is -1.12. The predicted molar refractivity (Wildman–Crippen MR) is 77.8 cm³/mol. The number of rotatable bonds is 7. The maximum atomic E-state index is 13.4. The first kappa shape index (κ1) is 16.1. The Kier molecular flexibility index (Phi) is 5.21. The minimum Gasteiger partial charge on any atom is -0.476 e. The van der Waals surface area contributed by atoms with Crippen molar-refractivity contribution in [2.75, 3.05) is 13.7 Å². The number of halogens is 1. The van der Waals surface area contributed by atoms with Crippen LogP contribution in [0.1, 0.15) is 34.6 Å². The molecule has 0 amide bonds. The van der Waals surface area contributed by atoms with Crippen molar-refractivity contribution >= 4 is 5.97 Å². The molecule has 0 saturated carbocycles. The van der Waals surface area contributed by atoms with Gasteiger partial charge < -0.3 is 9.84 Å². The van der Waals surface area contributed by atoms with E-state index in [4.69, 9.17) is 4.74 Å². The Morgan fingerprint density at radius 1 is 1.41 bits per heavy atom. The number of hydrogen-bond donors (Lipinski definition) is 1. The highest BCUT2D eigenvalue weighted by Crippen LogP contribution is 2.18. The van der Waals surface area contributed by atoms with Crippen molar-refractivity contribution in [2.24, 2.45) is 0 Å². The lowest BCUT2D eigenvalue weighted by molar-refractivity contribution is 0.0689. The second-order valence-corrected chi connectivity index (χ2v) is 4.99. The van der Waals surface area contributed by atoms with Crippen molar-refractivity contribution in [3.63, 3.8) is 0 Å². The largest absolute Gasteiger partial charge is 0.476 e. The van der Waals surface area contributed by atoms with E-state index < -0.39 is 5.97 Å². The Morgan fingerprint density at radius 2 is 2.18 bits per heavy atom. The van der Waals surface area contributed by atoms with Crippen LogP contribution in [0, 0.1) is 12.7 Å². The van der Waals surface area contributed by atoms with Gasteiger partial charge in [0.25, 0.3) is 0 Å². The van der Waals surface area contributed by atoms with Gasteiger partial charge in [-0.15, -0.1) is 5.10 Å². The molecule has 0 unspecified atom stereocenters. The van der Waals surface area contributed by atoms with Crippen LogP contribution in [0.4, 0.5) is 4.39 Å². The topological polar surface area (TPSA) is 77.2 Å². The van der Waals surface area contributed by atoms with Crippen molar-refractivity contribution in [3.05, 3.63) is 41.0 Å². The normalized spacial score (nSPS) is 10.9. The van der Waals surface area contributed by atoms with Crippen molar-refractivity contribution in [1.29, 1.82) is 0 Å². The van der Waals surface area contributed by atoms with Crippen LogP contribution < -0.4 is 0 Å². The van der Waals surface area contributed by atoms with E-state index in [1.54, 1.807) is 26.2 Å². The Balaban J connectivity index is 2.33. The number of aromatic carboxylic acids is 1. The number of unbranched alkanes of at least 4 members (excludes halogenated alkanes) is 1. The molecule has 0 spiro atoms. The number of carboxylic acids is 1.